The number of nitrogens with zero attached hydrogens (tertiary/aromatic N) is 3. The number of urea groups is 1. The summed E-state index contributed by atoms with van der Waals surface area (Å²) in [6.45, 7) is 3.21. The van der Waals surface area contributed by atoms with Crippen LogP contribution in [0.25, 0.3) is 0 Å². The number of carbonyl (C=O) groups excluding carboxylic acids is 1. The molecule has 9 heteroatoms. The van der Waals surface area contributed by atoms with E-state index in [2.05, 4.69) is 5.32 Å². The van der Waals surface area contributed by atoms with Crippen LogP contribution >= 0.6 is 0 Å². The lowest BCUT2D eigenvalue weighted by atomic mass is 10.4. The summed E-state index contributed by atoms with van der Waals surface area (Å²) in [7, 11) is -1.84. The molecule has 110 valence electrons. The maximum Gasteiger partial charge on any atom is 0.317 e. The molecule has 2 saturated heterocycles. The Morgan fingerprint density at radius 2 is 1.53 bits per heavy atom. The smallest absolute Gasteiger partial charge is 0.317 e. The Hall–Kier alpha value is -0.900. The van der Waals surface area contributed by atoms with Gasteiger partial charge in [-0.15, -0.1) is 0 Å². The van der Waals surface area contributed by atoms with Gasteiger partial charge >= 0.3 is 6.03 Å². The lowest BCUT2D eigenvalue weighted by molar-refractivity contribution is 0.0690. The van der Waals surface area contributed by atoms with Crippen LogP contribution < -0.4 is 5.32 Å². The number of morpholine rings is 1. The van der Waals surface area contributed by atoms with Crippen molar-refractivity contribution in [1.29, 1.82) is 0 Å². The predicted octanol–water partition coefficient (Wildman–Crippen LogP) is -1.48. The van der Waals surface area contributed by atoms with Gasteiger partial charge in [0.2, 0.25) is 0 Å². The van der Waals surface area contributed by atoms with E-state index < -0.39 is 10.2 Å². The van der Waals surface area contributed by atoms with Crippen LogP contribution in [0.1, 0.15) is 0 Å². The monoisotopic (exact) mass is 292 g/mol. The first-order valence-corrected chi connectivity index (χ1v) is 7.75. The first kappa shape index (κ1) is 14.5. The van der Waals surface area contributed by atoms with Crippen molar-refractivity contribution in [1.82, 2.24) is 18.8 Å². The number of hydrogen-bond donors (Lipinski definition) is 1. The zero-order valence-corrected chi connectivity index (χ0v) is 11.9. The van der Waals surface area contributed by atoms with Crippen molar-refractivity contribution in [2.75, 3.05) is 59.5 Å². The number of ether oxygens (including phenoxy) is 1. The van der Waals surface area contributed by atoms with Gasteiger partial charge in [-0.05, 0) is 0 Å². The van der Waals surface area contributed by atoms with Gasteiger partial charge in [0, 0.05) is 46.3 Å². The molecule has 8 nitrogen and oxygen atoms in total. The van der Waals surface area contributed by atoms with Crippen molar-refractivity contribution in [3.63, 3.8) is 0 Å². The quantitative estimate of drug-likeness (QED) is 0.673. The van der Waals surface area contributed by atoms with Crippen LogP contribution in [-0.4, -0.2) is 87.5 Å². The van der Waals surface area contributed by atoms with Gasteiger partial charge in [0.1, 0.15) is 0 Å². The summed E-state index contributed by atoms with van der Waals surface area (Å²) in [4.78, 5) is 13.1. The second-order valence-corrected chi connectivity index (χ2v) is 6.39. The molecule has 0 aromatic rings. The molecule has 2 amide bonds. The first-order valence-electron chi connectivity index (χ1n) is 6.35. The molecule has 19 heavy (non-hydrogen) atoms. The summed E-state index contributed by atoms with van der Waals surface area (Å²) in [5.74, 6) is 0. The van der Waals surface area contributed by atoms with Crippen LogP contribution in [0.5, 0.6) is 0 Å². The average Bonchev–Trinajstić information content (AvgIpc) is 2.47. The second kappa shape index (κ2) is 6.04. The van der Waals surface area contributed by atoms with Crippen LogP contribution in [0.3, 0.4) is 0 Å². The molecule has 2 aliphatic heterocycles. The van der Waals surface area contributed by atoms with Crippen LogP contribution in [-0.2, 0) is 14.9 Å². The summed E-state index contributed by atoms with van der Waals surface area (Å²) in [6.07, 6.45) is 0. The molecule has 0 radical (unpaired) electrons. The molecule has 0 unspecified atom stereocenters. The highest BCUT2D eigenvalue weighted by Crippen LogP contribution is 2.13. The Bertz CT molecular complexity index is 413. The number of hydrogen-bond acceptors (Lipinski definition) is 4. The fourth-order valence-electron chi connectivity index (χ4n) is 2.22. The minimum absolute atomic E-state index is 0.163. The molecule has 2 heterocycles. The van der Waals surface area contributed by atoms with Gasteiger partial charge in [-0.25, -0.2) is 4.79 Å². The molecular weight excluding hydrogens is 272 g/mol. The zero-order chi connectivity index (χ0) is 13.9. The van der Waals surface area contributed by atoms with E-state index in [0.29, 0.717) is 52.5 Å². The van der Waals surface area contributed by atoms with E-state index in [1.54, 1.807) is 11.9 Å². The third-order valence-electron chi connectivity index (χ3n) is 3.36. The van der Waals surface area contributed by atoms with Crippen molar-refractivity contribution < 1.29 is 17.9 Å². The topological polar surface area (TPSA) is 82.2 Å². The van der Waals surface area contributed by atoms with E-state index in [4.69, 9.17) is 4.74 Å². The van der Waals surface area contributed by atoms with Crippen molar-refractivity contribution in [2.45, 2.75) is 0 Å². The van der Waals surface area contributed by atoms with Crippen molar-refractivity contribution >= 4 is 16.2 Å². The van der Waals surface area contributed by atoms with Gasteiger partial charge in [0.15, 0.2) is 0 Å². The fourth-order valence-corrected chi connectivity index (χ4v) is 3.78. The van der Waals surface area contributed by atoms with Gasteiger partial charge in [-0.3, -0.25) is 0 Å². The molecule has 0 aliphatic carbocycles. The van der Waals surface area contributed by atoms with E-state index in [9.17, 15) is 13.2 Å². The average molecular weight is 292 g/mol. The molecule has 0 atom stereocenters. The maximum absolute atomic E-state index is 12.4. The number of rotatable bonds is 2. The van der Waals surface area contributed by atoms with Gasteiger partial charge < -0.3 is 15.0 Å². The number of carbonyl (C=O) groups is 1. The Morgan fingerprint density at radius 1 is 1.00 bits per heavy atom. The highest BCUT2D eigenvalue weighted by molar-refractivity contribution is 7.86. The largest absolute Gasteiger partial charge is 0.379 e. The third kappa shape index (κ3) is 3.16. The molecule has 2 fully saturated rings. The molecule has 0 spiro atoms. The Balaban J connectivity index is 1.94. The Morgan fingerprint density at radius 3 is 2.05 bits per heavy atom. The number of amides is 2. The summed E-state index contributed by atoms with van der Waals surface area (Å²) in [5, 5.41) is 2.54. The molecule has 0 aromatic carbocycles. The summed E-state index contributed by atoms with van der Waals surface area (Å²) < 4.78 is 32.8. The SMILES string of the molecule is CNC(=O)N1CCN(S(=O)(=O)N2CCOCC2)CC1. The van der Waals surface area contributed by atoms with Gasteiger partial charge in [0.25, 0.3) is 10.2 Å². The van der Waals surface area contributed by atoms with Gasteiger partial charge in [-0.1, -0.05) is 0 Å². The molecule has 0 bridgehead atoms. The van der Waals surface area contributed by atoms with E-state index in [0.717, 1.165) is 0 Å². The molecule has 0 aromatic heterocycles. The fraction of sp³-hybridized carbons (Fsp3) is 0.900. The normalized spacial score (nSPS) is 23.3. The van der Waals surface area contributed by atoms with E-state index in [-0.39, 0.29) is 6.03 Å². The lowest BCUT2D eigenvalue weighted by Crippen LogP contribution is -2.56. The Kier molecular flexibility index (Phi) is 4.61. The van der Waals surface area contributed by atoms with E-state index >= 15 is 0 Å². The third-order valence-corrected chi connectivity index (χ3v) is 5.40. The second-order valence-electron chi connectivity index (χ2n) is 4.46. The van der Waals surface area contributed by atoms with E-state index in [1.165, 1.54) is 8.61 Å². The van der Waals surface area contributed by atoms with E-state index in [1.807, 2.05) is 0 Å². The summed E-state index contributed by atoms with van der Waals surface area (Å²) in [6, 6.07) is -0.163. The molecule has 2 aliphatic rings. The van der Waals surface area contributed by atoms with Gasteiger partial charge in [-0.2, -0.15) is 17.0 Å². The van der Waals surface area contributed by atoms with Gasteiger partial charge in [0.05, 0.1) is 13.2 Å². The highest BCUT2D eigenvalue weighted by atomic mass is 32.2. The minimum Gasteiger partial charge on any atom is -0.379 e. The van der Waals surface area contributed by atoms with Crippen LogP contribution in [0.15, 0.2) is 0 Å². The van der Waals surface area contributed by atoms with Crippen molar-refractivity contribution in [2.24, 2.45) is 0 Å². The predicted molar refractivity (Wildman–Crippen MR) is 68.9 cm³/mol. The molecular formula is C10H20N4O4S. The first-order chi connectivity index (χ1) is 9.05. The zero-order valence-electron chi connectivity index (χ0n) is 11.0. The highest BCUT2D eigenvalue weighted by Gasteiger charge is 2.33. The van der Waals surface area contributed by atoms with Crippen LogP contribution in [0, 0.1) is 0 Å². The number of nitrogens with one attached hydrogen (secondary N) is 1. The summed E-state index contributed by atoms with van der Waals surface area (Å²) in [5.41, 5.74) is 0. The minimum atomic E-state index is -3.41. The molecule has 1 N–H and O–H groups in total. The molecule has 0 saturated carbocycles. The maximum atomic E-state index is 12.4. The van der Waals surface area contributed by atoms with Crippen molar-refractivity contribution in [3.8, 4) is 0 Å². The van der Waals surface area contributed by atoms with Crippen LogP contribution in [0.4, 0.5) is 4.79 Å². The summed E-state index contributed by atoms with van der Waals surface area (Å²) >= 11 is 0. The van der Waals surface area contributed by atoms with Crippen LogP contribution in [0.2, 0.25) is 0 Å². The standard InChI is InChI=1S/C10H20N4O4S/c1-11-10(15)12-2-4-13(5-3-12)19(16,17)14-6-8-18-9-7-14/h2-9H2,1H3,(H,11,15). The molecule has 2 rings (SSSR count). The lowest BCUT2D eigenvalue weighted by Gasteiger charge is -2.37. The van der Waals surface area contributed by atoms with Crippen molar-refractivity contribution in [3.05, 3.63) is 0 Å². The number of piperazine rings is 1. The Labute approximate surface area is 113 Å².